The van der Waals surface area contributed by atoms with E-state index in [0.717, 1.165) is 22.7 Å². The van der Waals surface area contributed by atoms with Crippen molar-refractivity contribution in [2.75, 3.05) is 12.3 Å². The molecule has 0 saturated carbocycles. The Bertz CT molecular complexity index is 654. The van der Waals surface area contributed by atoms with Crippen molar-refractivity contribution in [1.82, 2.24) is 14.9 Å². The van der Waals surface area contributed by atoms with E-state index in [1.807, 2.05) is 24.3 Å². The Labute approximate surface area is 141 Å². The van der Waals surface area contributed by atoms with Gasteiger partial charge in [-0.3, -0.25) is 4.79 Å². The summed E-state index contributed by atoms with van der Waals surface area (Å²) < 4.78 is 2.11. The van der Waals surface area contributed by atoms with Crippen molar-refractivity contribution < 1.29 is 9.90 Å². The van der Waals surface area contributed by atoms with Gasteiger partial charge in [-0.25, -0.2) is 4.98 Å². The van der Waals surface area contributed by atoms with Gasteiger partial charge in [0, 0.05) is 13.1 Å². The third-order valence-electron chi connectivity index (χ3n) is 3.55. The molecule has 126 valence electrons. The van der Waals surface area contributed by atoms with Crippen LogP contribution in [-0.4, -0.2) is 39.0 Å². The lowest BCUT2D eigenvalue weighted by molar-refractivity contribution is -0.119. The summed E-state index contributed by atoms with van der Waals surface area (Å²) in [6, 6.07) is 7.98. The van der Waals surface area contributed by atoms with Crippen molar-refractivity contribution in [3.8, 4) is 0 Å². The number of carbonyl (C=O) groups excluding carboxylic acids is 1. The first-order valence-corrected chi connectivity index (χ1v) is 9.02. The molecule has 0 fully saturated rings. The van der Waals surface area contributed by atoms with Crippen molar-refractivity contribution in [1.29, 1.82) is 0 Å². The zero-order chi connectivity index (χ0) is 16.8. The number of rotatable bonds is 8. The molecule has 1 atom stereocenters. The molecule has 0 saturated heterocycles. The van der Waals surface area contributed by atoms with Crippen LogP contribution in [0.4, 0.5) is 0 Å². The van der Waals surface area contributed by atoms with Gasteiger partial charge >= 0.3 is 0 Å². The van der Waals surface area contributed by atoms with Crippen molar-refractivity contribution in [3.05, 3.63) is 24.3 Å². The van der Waals surface area contributed by atoms with Crippen LogP contribution in [0.3, 0.4) is 0 Å². The van der Waals surface area contributed by atoms with Gasteiger partial charge in [-0.2, -0.15) is 0 Å². The molecular formula is C17H25N3O2S. The molecule has 0 spiro atoms. The summed E-state index contributed by atoms with van der Waals surface area (Å²) >= 11 is 1.43. The fourth-order valence-corrected chi connectivity index (χ4v) is 3.42. The highest BCUT2D eigenvalue weighted by Gasteiger charge is 2.13. The number of imidazole rings is 1. The first-order chi connectivity index (χ1) is 11.0. The Hall–Kier alpha value is -1.53. The number of fused-ring (bicyclic) bond motifs is 1. The van der Waals surface area contributed by atoms with E-state index in [1.165, 1.54) is 11.8 Å². The number of aliphatic hydroxyl groups excluding tert-OH is 1. The molecule has 5 nitrogen and oxygen atoms in total. The molecule has 23 heavy (non-hydrogen) atoms. The van der Waals surface area contributed by atoms with E-state index in [1.54, 1.807) is 0 Å². The topological polar surface area (TPSA) is 67.2 Å². The normalized spacial score (nSPS) is 12.7. The average Bonchev–Trinajstić information content (AvgIpc) is 2.87. The Kier molecular flexibility index (Phi) is 6.47. The molecule has 1 aromatic carbocycles. The van der Waals surface area contributed by atoms with Gasteiger partial charge in [-0.15, -0.1) is 0 Å². The minimum Gasteiger partial charge on any atom is -0.391 e. The number of aromatic nitrogens is 2. The van der Waals surface area contributed by atoms with E-state index >= 15 is 0 Å². The maximum atomic E-state index is 11.9. The fraction of sp³-hybridized carbons (Fsp3) is 0.529. The predicted octanol–water partition coefficient (Wildman–Crippen LogP) is 2.67. The van der Waals surface area contributed by atoms with Gasteiger partial charge < -0.3 is 15.0 Å². The van der Waals surface area contributed by atoms with E-state index in [2.05, 4.69) is 35.6 Å². The first kappa shape index (κ1) is 17.8. The van der Waals surface area contributed by atoms with E-state index in [0.29, 0.717) is 24.6 Å². The van der Waals surface area contributed by atoms with Gasteiger partial charge in [0.05, 0.1) is 22.9 Å². The van der Waals surface area contributed by atoms with E-state index < -0.39 is 6.10 Å². The second-order valence-corrected chi connectivity index (χ2v) is 6.95. The Morgan fingerprint density at radius 1 is 1.39 bits per heavy atom. The van der Waals surface area contributed by atoms with Gasteiger partial charge in [0.1, 0.15) is 0 Å². The second kappa shape index (κ2) is 8.36. The number of thioether (sulfide) groups is 1. The Balaban J connectivity index is 1.89. The molecule has 0 bridgehead atoms. The van der Waals surface area contributed by atoms with Crippen LogP contribution < -0.4 is 5.32 Å². The zero-order valence-electron chi connectivity index (χ0n) is 14.0. The lowest BCUT2D eigenvalue weighted by Crippen LogP contribution is -2.33. The number of nitrogens with zero attached hydrogens (tertiary/aromatic N) is 2. The van der Waals surface area contributed by atoms with Crippen LogP contribution in [0.15, 0.2) is 29.4 Å². The number of carbonyl (C=O) groups is 1. The van der Waals surface area contributed by atoms with E-state index in [-0.39, 0.29) is 5.91 Å². The molecule has 2 aromatic rings. The standard InChI is InChI=1S/C17H25N3O2S/c1-4-20-15-8-6-5-7-14(15)19-17(20)23-11-16(22)18-10-13(21)9-12(2)3/h5-8,12-13,21H,4,9-11H2,1-3H3,(H,18,22). The van der Waals surface area contributed by atoms with Crippen LogP contribution in [-0.2, 0) is 11.3 Å². The molecule has 2 rings (SSSR count). The van der Waals surface area contributed by atoms with Crippen LogP contribution in [0.25, 0.3) is 11.0 Å². The highest BCUT2D eigenvalue weighted by molar-refractivity contribution is 7.99. The monoisotopic (exact) mass is 335 g/mol. The minimum atomic E-state index is -0.482. The second-order valence-electron chi connectivity index (χ2n) is 6.00. The summed E-state index contributed by atoms with van der Waals surface area (Å²) in [7, 11) is 0. The molecular weight excluding hydrogens is 310 g/mol. The summed E-state index contributed by atoms with van der Waals surface area (Å²) in [4.78, 5) is 16.5. The van der Waals surface area contributed by atoms with Gasteiger partial charge in [-0.05, 0) is 31.4 Å². The number of hydrogen-bond donors (Lipinski definition) is 2. The lowest BCUT2D eigenvalue weighted by Gasteiger charge is -2.13. The van der Waals surface area contributed by atoms with E-state index in [4.69, 9.17) is 0 Å². The summed E-state index contributed by atoms with van der Waals surface area (Å²) in [5.74, 6) is 0.644. The third kappa shape index (κ3) is 4.97. The molecule has 2 N–H and O–H groups in total. The van der Waals surface area contributed by atoms with Gasteiger partial charge in [0.15, 0.2) is 5.16 Å². The lowest BCUT2D eigenvalue weighted by atomic mass is 10.1. The number of amides is 1. The molecule has 1 heterocycles. The molecule has 0 aliphatic heterocycles. The highest BCUT2D eigenvalue weighted by atomic mass is 32.2. The Morgan fingerprint density at radius 2 is 2.13 bits per heavy atom. The maximum absolute atomic E-state index is 11.9. The number of aryl methyl sites for hydroxylation is 1. The number of nitrogens with one attached hydrogen (secondary N) is 1. The fourth-order valence-electron chi connectivity index (χ4n) is 2.51. The van der Waals surface area contributed by atoms with Crippen molar-refractivity contribution >= 4 is 28.7 Å². The van der Waals surface area contributed by atoms with Crippen molar-refractivity contribution in [3.63, 3.8) is 0 Å². The number of aliphatic hydroxyl groups is 1. The predicted molar refractivity (Wildman–Crippen MR) is 94.6 cm³/mol. The van der Waals surface area contributed by atoms with Crippen LogP contribution in [0, 0.1) is 5.92 Å². The minimum absolute atomic E-state index is 0.0764. The molecule has 1 unspecified atom stereocenters. The number of para-hydroxylation sites is 2. The molecule has 0 radical (unpaired) electrons. The van der Waals surface area contributed by atoms with Crippen LogP contribution >= 0.6 is 11.8 Å². The van der Waals surface area contributed by atoms with Gasteiger partial charge in [0.25, 0.3) is 0 Å². The summed E-state index contributed by atoms with van der Waals surface area (Å²) in [5.41, 5.74) is 2.04. The first-order valence-electron chi connectivity index (χ1n) is 8.04. The highest BCUT2D eigenvalue weighted by Crippen LogP contribution is 2.23. The van der Waals surface area contributed by atoms with Crippen molar-refractivity contribution in [2.45, 2.75) is 45.0 Å². The average molecular weight is 335 g/mol. The third-order valence-corrected chi connectivity index (χ3v) is 4.52. The molecule has 1 amide bonds. The van der Waals surface area contributed by atoms with Crippen LogP contribution in [0.5, 0.6) is 0 Å². The van der Waals surface area contributed by atoms with Gasteiger partial charge in [-0.1, -0.05) is 37.7 Å². The van der Waals surface area contributed by atoms with Crippen molar-refractivity contribution in [2.24, 2.45) is 5.92 Å². The molecule has 0 aliphatic rings. The van der Waals surface area contributed by atoms with Crippen LogP contribution in [0.2, 0.25) is 0 Å². The smallest absolute Gasteiger partial charge is 0.230 e. The molecule has 1 aromatic heterocycles. The number of hydrogen-bond acceptors (Lipinski definition) is 4. The zero-order valence-corrected chi connectivity index (χ0v) is 14.8. The summed E-state index contributed by atoms with van der Waals surface area (Å²) in [6.07, 6.45) is 0.211. The number of benzene rings is 1. The van der Waals surface area contributed by atoms with Gasteiger partial charge in [0.2, 0.25) is 5.91 Å². The van der Waals surface area contributed by atoms with Crippen LogP contribution in [0.1, 0.15) is 27.2 Å². The quantitative estimate of drug-likeness (QED) is 0.728. The molecule has 0 aliphatic carbocycles. The molecule has 6 heteroatoms. The largest absolute Gasteiger partial charge is 0.391 e. The SMILES string of the molecule is CCn1c(SCC(=O)NCC(O)CC(C)C)nc2ccccc21. The summed E-state index contributed by atoms with van der Waals surface area (Å²) in [6.45, 7) is 7.30. The maximum Gasteiger partial charge on any atom is 0.230 e. The summed E-state index contributed by atoms with van der Waals surface area (Å²) in [5, 5.41) is 13.4. The van der Waals surface area contributed by atoms with E-state index in [9.17, 15) is 9.90 Å². The Morgan fingerprint density at radius 3 is 2.83 bits per heavy atom.